The molecule has 0 radical (unpaired) electrons. The predicted molar refractivity (Wildman–Crippen MR) is 110 cm³/mol. The van der Waals surface area contributed by atoms with Crippen LogP contribution >= 0.6 is 0 Å². The Bertz CT molecular complexity index is 726. The van der Waals surface area contributed by atoms with Crippen LogP contribution in [-0.4, -0.2) is 76.0 Å². The van der Waals surface area contributed by atoms with Crippen molar-refractivity contribution in [2.45, 2.75) is 70.3 Å². The minimum atomic E-state index is -1.61. The Morgan fingerprint density at radius 1 is 0.750 bits per heavy atom. The van der Waals surface area contributed by atoms with E-state index in [-0.39, 0.29) is 12.3 Å². The molecule has 14 heteroatoms. The van der Waals surface area contributed by atoms with Crippen molar-refractivity contribution in [2.24, 2.45) is 23.1 Å². The van der Waals surface area contributed by atoms with Gasteiger partial charge in [0.2, 0.25) is 29.5 Å². The predicted octanol–water partition coefficient (Wildman–Crippen LogP) is -3.97. The lowest BCUT2D eigenvalue weighted by atomic mass is 10.0. The van der Waals surface area contributed by atoms with E-state index in [1.807, 2.05) is 0 Å². The molecule has 0 saturated heterocycles. The third kappa shape index (κ3) is 10.7. The van der Waals surface area contributed by atoms with E-state index in [0.29, 0.717) is 0 Å². The first-order valence-electron chi connectivity index (χ1n) is 9.79. The Hall–Kier alpha value is -3.26. The number of amides is 5. The Morgan fingerprint density at radius 2 is 1.16 bits per heavy atom. The van der Waals surface area contributed by atoms with Crippen molar-refractivity contribution in [2.75, 3.05) is 0 Å². The summed E-state index contributed by atoms with van der Waals surface area (Å²) in [5.41, 5.74) is 15.6. The molecule has 0 bridgehead atoms. The number of aliphatic carboxylic acids is 1. The van der Waals surface area contributed by atoms with Gasteiger partial charge in [-0.25, -0.2) is 4.79 Å². The van der Waals surface area contributed by atoms with Gasteiger partial charge in [-0.1, -0.05) is 13.8 Å². The standard InChI is InChI=1S/C18H32N6O8/c1-7(2)4-9(15(28)24-11(18(31)32)6-13(20)27)22-16(29)10(5-12(19)26)23-17(30)14(21)8(3)25/h7-11,14,25H,4-6,21H2,1-3H3,(H2,19,26)(H2,20,27)(H,22,29)(H,23,30)(H,24,28)(H,31,32). The summed E-state index contributed by atoms with van der Waals surface area (Å²) in [6.45, 7) is 4.71. The van der Waals surface area contributed by atoms with Crippen LogP contribution in [0.3, 0.4) is 0 Å². The lowest BCUT2D eigenvalue weighted by Crippen LogP contribution is -2.59. The highest BCUT2D eigenvalue weighted by Gasteiger charge is 2.32. The van der Waals surface area contributed by atoms with Crippen molar-refractivity contribution in [3.8, 4) is 0 Å². The van der Waals surface area contributed by atoms with Gasteiger partial charge in [0.1, 0.15) is 24.2 Å². The molecule has 0 aliphatic carbocycles. The molecule has 0 spiro atoms. The molecule has 0 aromatic rings. The molecule has 11 N–H and O–H groups in total. The average Bonchev–Trinajstić information content (AvgIpc) is 2.64. The van der Waals surface area contributed by atoms with Crippen LogP contribution in [0.25, 0.3) is 0 Å². The van der Waals surface area contributed by atoms with Gasteiger partial charge in [0.15, 0.2) is 0 Å². The van der Waals surface area contributed by atoms with Crippen molar-refractivity contribution in [3.05, 3.63) is 0 Å². The van der Waals surface area contributed by atoms with E-state index >= 15 is 0 Å². The minimum absolute atomic E-state index is 0.0604. The molecule has 0 aromatic heterocycles. The van der Waals surface area contributed by atoms with Crippen LogP contribution in [0.2, 0.25) is 0 Å². The van der Waals surface area contributed by atoms with Gasteiger partial charge in [0.25, 0.3) is 0 Å². The van der Waals surface area contributed by atoms with E-state index in [1.54, 1.807) is 13.8 Å². The molecule has 182 valence electrons. The Kier molecular flexibility index (Phi) is 11.9. The van der Waals surface area contributed by atoms with Crippen LogP contribution < -0.4 is 33.2 Å². The van der Waals surface area contributed by atoms with Crippen molar-refractivity contribution >= 4 is 35.5 Å². The first kappa shape index (κ1) is 28.7. The largest absolute Gasteiger partial charge is 0.480 e. The Labute approximate surface area is 184 Å². The van der Waals surface area contributed by atoms with Crippen LogP contribution in [0.15, 0.2) is 0 Å². The van der Waals surface area contributed by atoms with Gasteiger partial charge >= 0.3 is 5.97 Å². The third-order valence-corrected chi connectivity index (χ3v) is 4.22. The van der Waals surface area contributed by atoms with E-state index < -0.39 is 78.6 Å². The number of hydrogen-bond donors (Lipinski definition) is 8. The summed E-state index contributed by atoms with van der Waals surface area (Å²) in [5, 5.41) is 25.2. The molecule has 32 heavy (non-hydrogen) atoms. The lowest BCUT2D eigenvalue weighted by molar-refractivity contribution is -0.144. The number of nitrogens with one attached hydrogen (secondary N) is 3. The highest BCUT2D eigenvalue weighted by atomic mass is 16.4. The quantitative estimate of drug-likeness (QED) is 0.125. The van der Waals surface area contributed by atoms with Crippen LogP contribution in [0.5, 0.6) is 0 Å². The van der Waals surface area contributed by atoms with Gasteiger partial charge in [0.05, 0.1) is 18.9 Å². The Balaban J connectivity index is 5.56. The molecule has 0 heterocycles. The molecule has 0 aliphatic rings. The second kappa shape index (κ2) is 13.2. The summed E-state index contributed by atoms with van der Waals surface area (Å²) in [4.78, 5) is 71.0. The number of rotatable bonds is 14. The van der Waals surface area contributed by atoms with Crippen LogP contribution in [0, 0.1) is 5.92 Å². The van der Waals surface area contributed by atoms with E-state index in [1.165, 1.54) is 6.92 Å². The number of primary amides is 2. The smallest absolute Gasteiger partial charge is 0.326 e. The molecule has 0 fully saturated rings. The zero-order valence-corrected chi connectivity index (χ0v) is 18.2. The molecule has 5 atom stereocenters. The van der Waals surface area contributed by atoms with E-state index in [4.69, 9.17) is 22.3 Å². The maximum absolute atomic E-state index is 12.7. The zero-order valence-electron chi connectivity index (χ0n) is 18.2. The number of carbonyl (C=O) groups excluding carboxylic acids is 5. The van der Waals surface area contributed by atoms with Crippen LogP contribution in [-0.2, 0) is 28.8 Å². The molecule has 5 amide bonds. The SMILES string of the molecule is CC(C)CC(NC(=O)C(CC(N)=O)NC(=O)C(N)C(C)O)C(=O)NC(CC(N)=O)C(=O)O. The topological polar surface area (TPSA) is 257 Å². The molecule has 14 nitrogen and oxygen atoms in total. The van der Waals surface area contributed by atoms with E-state index in [9.17, 15) is 33.9 Å². The van der Waals surface area contributed by atoms with Crippen LogP contribution in [0.1, 0.15) is 40.0 Å². The number of nitrogens with two attached hydrogens (primary N) is 3. The summed E-state index contributed by atoms with van der Waals surface area (Å²) < 4.78 is 0. The van der Waals surface area contributed by atoms with Gasteiger partial charge in [-0.3, -0.25) is 24.0 Å². The van der Waals surface area contributed by atoms with Crippen molar-refractivity contribution < 1.29 is 39.0 Å². The highest BCUT2D eigenvalue weighted by Crippen LogP contribution is 2.07. The Morgan fingerprint density at radius 3 is 1.56 bits per heavy atom. The second-order valence-corrected chi connectivity index (χ2v) is 7.76. The fourth-order valence-electron chi connectivity index (χ4n) is 2.55. The number of hydrogen-bond acceptors (Lipinski definition) is 8. The number of carboxylic acids is 1. The van der Waals surface area contributed by atoms with Crippen molar-refractivity contribution in [1.29, 1.82) is 0 Å². The number of aliphatic hydroxyl groups is 1. The summed E-state index contributed by atoms with van der Waals surface area (Å²) >= 11 is 0. The first-order chi connectivity index (χ1) is 14.6. The van der Waals surface area contributed by atoms with E-state index in [2.05, 4.69) is 16.0 Å². The number of aliphatic hydroxyl groups excluding tert-OH is 1. The van der Waals surface area contributed by atoms with Gasteiger partial charge in [-0.2, -0.15) is 0 Å². The maximum Gasteiger partial charge on any atom is 0.326 e. The molecular weight excluding hydrogens is 428 g/mol. The fourth-order valence-corrected chi connectivity index (χ4v) is 2.55. The number of carboxylic acid groups (broad SMARTS) is 1. The van der Waals surface area contributed by atoms with Gasteiger partial charge in [-0.05, 0) is 19.3 Å². The summed E-state index contributed by atoms with van der Waals surface area (Å²) in [5.74, 6) is -6.34. The summed E-state index contributed by atoms with van der Waals surface area (Å²) in [7, 11) is 0. The summed E-state index contributed by atoms with van der Waals surface area (Å²) in [6.07, 6.45) is -2.48. The highest BCUT2D eigenvalue weighted by molar-refractivity contribution is 5.96. The van der Waals surface area contributed by atoms with Crippen molar-refractivity contribution in [3.63, 3.8) is 0 Å². The normalized spacial score (nSPS) is 15.6. The molecule has 0 saturated carbocycles. The second-order valence-electron chi connectivity index (χ2n) is 7.76. The monoisotopic (exact) mass is 460 g/mol. The van der Waals surface area contributed by atoms with Gasteiger partial charge in [-0.15, -0.1) is 0 Å². The number of carbonyl (C=O) groups is 6. The fraction of sp³-hybridized carbons (Fsp3) is 0.667. The summed E-state index contributed by atoms with van der Waals surface area (Å²) in [6, 6.07) is -5.78. The molecule has 0 rings (SSSR count). The first-order valence-corrected chi connectivity index (χ1v) is 9.79. The van der Waals surface area contributed by atoms with Gasteiger partial charge < -0.3 is 43.4 Å². The third-order valence-electron chi connectivity index (χ3n) is 4.22. The molecular formula is C18H32N6O8. The average molecular weight is 460 g/mol. The zero-order chi connectivity index (χ0) is 25.2. The lowest BCUT2D eigenvalue weighted by Gasteiger charge is -2.25. The van der Waals surface area contributed by atoms with Crippen molar-refractivity contribution in [1.82, 2.24) is 16.0 Å². The molecule has 5 unspecified atom stereocenters. The molecule has 0 aliphatic heterocycles. The van der Waals surface area contributed by atoms with Crippen LogP contribution in [0.4, 0.5) is 0 Å². The maximum atomic E-state index is 12.7. The minimum Gasteiger partial charge on any atom is -0.480 e. The van der Waals surface area contributed by atoms with E-state index in [0.717, 1.165) is 0 Å². The molecule has 0 aromatic carbocycles. The van der Waals surface area contributed by atoms with Gasteiger partial charge in [0, 0.05) is 0 Å².